The molecule has 31 heavy (non-hydrogen) atoms. The topological polar surface area (TPSA) is 38.3 Å². The number of hydrogen-bond donors (Lipinski definition) is 1. The second kappa shape index (κ2) is 7.76. The summed E-state index contributed by atoms with van der Waals surface area (Å²) >= 11 is 4.70. The largest absolute Gasteiger partial charge is 0.495 e. The highest BCUT2D eigenvalue weighted by molar-refractivity contribution is 14.1. The van der Waals surface area contributed by atoms with E-state index in [2.05, 4.69) is 107 Å². The first-order valence-corrected chi connectivity index (χ1v) is 12.5. The van der Waals surface area contributed by atoms with E-state index in [9.17, 15) is 4.79 Å². The van der Waals surface area contributed by atoms with Crippen molar-refractivity contribution in [3.05, 3.63) is 72.4 Å². The minimum Gasteiger partial charge on any atom is -0.495 e. The van der Waals surface area contributed by atoms with Crippen LogP contribution in [0.4, 0.5) is 5.69 Å². The van der Waals surface area contributed by atoms with Crippen LogP contribution >= 0.6 is 45.2 Å². The number of ether oxygens (including phenoxy) is 1. The molecule has 3 aromatic rings. The second-order valence-electron chi connectivity index (χ2n) is 9.14. The maximum absolute atomic E-state index is 13.6. The maximum atomic E-state index is 13.6. The third-order valence-corrected chi connectivity index (χ3v) is 7.71. The minimum atomic E-state index is -0.0923. The Labute approximate surface area is 209 Å². The fourth-order valence-electron chi connectivity index (χ4n) is 5.09. The Morgan fingerprint density at radius 2 is 1.84 bits per heavy atom. The number of Topliss-reactive ketones (excluding diaryl/α,β-unsaturated/α-hetero) is 1. The van der Waals surface area contributed by atoms with E-state index in [4.69, 9.17) is 4.74 Å². The molecule has 0 aromatic heterocycles. The summed E-state index contributed by atoms with van der Waals surface area (Å²) in [6, 6.07) is 16.8. The first-order valence-electron chi connectivity index (χ1n) is 10.4. The third kappa shape index (κ3) is 3.57. The lowest BCUT2D eigenvalue weighted by molar-refractivity contribution is -0.116. The molecule has 3 nitrogen and oxygen atoms in total. The van der Waals surface area contributed by atoms with Gasteiger partial charge in [-0.05, 0) is 91.6 Å². The molecule has 2 aliphatic rings. The van der Waals surface area contributed by atoms with Crippen LogP contribution in [-0.2, 0) is 4.79 Å². The minimum absolute atomic E-state index is 0.0692. The number of carbonyl (C=O) groups excluding carboxylic acids is 1. The van der Waals surface area contributed by atoms with Crippen LogP contribution in [0.3, 0.4) is 0 Å². The zero-order chi connectivity index (χ0) is 21.9. The lowest BCUT2D eigenvalue weighted by Crippen LogP contribution is -2.32. The molecule has 3 aromatic carbocycles. The summed E-state index contributed by atoms with van der Waals surface area (Å²) in [5, 5.41) is 6.09. The van der Waals surface area contributed by atoms with E-state index in [1.54, 1.807) is 7.11 Å². The van der Waals surface area contributed by atoms with Gasteiger partial charge in [-0.2, -0.15) is 0 Å². The molecule has 1 aliphatic carbocycles. The number of rotatable bonds is 2. The first kappa shape index (κ1) is 21.2. The molecule has 0 spiro atoms. The van der Waals surface area contributed by atoms with E-state index < -0.39 is 0 Å². The molecular weight excluding hydrogens is 612 g/mol. The van der Waals surface area contributed by atoms with E-state index in [0.717, 1.165) is 52.5 Å². The summed E-state index contributed by atoms with van der Waals surface area (Å²) in [6.45, 7) is 4.39. The Balaban J connectivity index is 1.83. The number of anilines is 1. The van der Waals surface area contributed by atoms with Gasteiger partial charge in [-0.3, -0.25) is 4.79 Å². The monoisotopic (exact) mass is 635 g/mol. The molecule has 0 radical (unpaired) electrons. The van der Waals surface area contributed by atoms with Crippen LogP contribution in [0.15, 0.2) is 54.1 Å². The molecule has 1 atom stereocenters. The highest BCUT2D eigenvalue weighted by Gasteiger charge is 2.41. The zero-order valence-corrected chi connectivity index (χ0v) is 22.0. The van der Waals surface area contributed by atoms with Gasteiger partial charge in [-0.25, -0.2) is 0 Å². The summed E-state index contributed by atoms with van der Waals surface area (Å²) in [7, 11) is 1.73. The van der Waals surface area contributed by atoms with Crippen LogP contribution < -0.4 is 10.1 Å². The van der Waals surface area contributed by atoms with Gasteiger partial charge >= 0.3 is 0 Å². The quantitative estimate of drug-likeness (QED) is 0.299. The van der Waals surface area contributed by atoms with Gasteiger partial charge in [0.2, 0.25) is 0 Å². The molecule has 0 unspecified atom stereocenters. The van der Waals surface area contributed by atoms with Gasteiger partial charge in [0.05, 0.1) is 16.7 Å². The number of benzene rings is 3. The zero-order valence-electron chi connectivity index (χ0n) is 17.7. The number of allylic oxidation sites excluding steroid dienone is 1. The molecule has 5 rings (SSSR count). The highest BCUT2D eigenvalue weighted by Crippen LogP contribution is 2.53. The van der Waals surface area contributed by atoms with Crippen molar-refractivity contribution < 1.29 is 9.53 Å². The van der Waals surface area contributed by atoms with E-state index in [1.807, 2.05) is 6.07 Å². The molecule has 0 fully saturated rings. The van der Waals surface area contributed by atoms with Crippen molar-refractivity contribution in [2.24, 2.45) is 5.41 Å². The van der Waals surface area contributed by atoms with E-state index in [0.29, 0.717) is 6.42 Å². The summed E-state index contributed by atoms with van der Waals surface area (Å²) in [5.74, 6) is 1.13. The van der Waals surface area contributed by atoms with Gasteiger partial charge in [0, 0.05) is 32.4 Å². The Bertz CT molecular complexity index is 1280. The Hall–Kier alpha value is -1.61. The van der Waals surface area contributed by atoms with E-state index in [1.165, 1.54) is 5.57 Å². The molecule has 5 heteroatoms. The molecule has 1 N–H and O–H groups in total. The number of methoxy groups -OCH3 is 1. The predicted molar refractivity (Wildman–Crippen MR) is 144 cm³/mol. The summed E-state index contributed by atoms with van der Waals surface area (Å²) in [5.41, 5.74) is 5.19. The maximum Gasteiger partial charge on any atom is 0.164 e. The Morgan fingerprint density at radius 3 is 2.61 bits per heavy atom. The van der Waals surface area contributed by atoms with Crippen molar-refractivity contribution in [3.8, 4) is 5.75 Å². The molecule has 1 aliphatic heterocycles. The Morgan fingerprint density at radius 1 is 1.06 bits per heavy atom. The number of hydrogen-bond acceptors (Lipinski definition) is 3. The number of ketones is 1. The second-order valence-corrected chi connectivity index (χ2v) is 11.5. The fourth-order valence-corrected chi connectivity index (χ4v) is 7.20. The third-order valence-electron chi connectivity index (χ3n) is 6.29. The lowest BCUT2D eigenvalue weighted by Gasteiger charge is -2.41. The molecular formula is C26H23I2NO2. The van der Waals surface area contributed by atoms with Crippen LogP contribution in [0, 0.1) is 12.6 Å². The smallest absolute Gasteiger partial charge is 0.164 e. The fraction of sp³-hybridized carbons (Fsp3) is 0.269. The van der Waals surface area contributed by atoms with Crippen LogP contribution in [0.1, 0.15) is 43.9 Å². The van der Waals surface area contributed by atoms with Crippen molar-refractivity contribution in [1.82, 2.24) is 0 Å². The van der Waals surface area contributed by atoms with Crippen molar-refractivity contribution in [2.75, 3.05) is 12.4 Å². The van der Waals surface area contributed by atoms with Gasteiger partial charge in [0.1, 0.15) is 5.75 Å². The first-order chi connectivity index (χ1) is 14.8. The highest BCUT2D eigenvalue weighted by atomic mass is 127. The summed E-state index contributed by atoms with van der Waals surface area (Å²) in [6.07, 6.45) is 1.45. The SMILES string of the molecule is COc1c(I)cc(I)cc1[C@@H]1Nc2ccc3ccccc3c2C2=C1CC(C)(C)CC2=O. The van der Waals surface area contributed by atoms with Gasteiger partial charge in [-0.1, -0.05) is 44.2 Å². The van der Waals surface area contributed by atoms with Crippen LogP contribution in [0.5, 0.6) is 5.75 Å². The number of fused-ring (bicyclic) bond motifs is 4. The van der Waals surface area contributed by atoms with Crippen molar-refractivity contribution >= 4 is 73.0 Å². The van der Waals surface area contributed by atoms with Gasteiger partial charge < -0.3 is 10.1 Å². The lowest BCUT2D eigenvalue weighted by atomic mass is 9.67. The number of nitrogens with one attached hydrogen (secondary N) is 1. The van der Waals surface area contributed by atoms with Crippen LogP contribution in [-0.4, -0.2) is 12.9 Å². The number of carbonyl (C=O) groups is 1. The summed E-state index contributed by atoms with van der Waals surface area (Å²) in [4.78, 5) is 13.6. The Kier molecular flexibility index (Phi) is 5.32. The molecule has 0 bridgehead atoms. The van der Waals surface area contributed by atoms with Crippen LogP contribution in [0.2, 0.25) is 0 Å². The predicted octanol–water partition coefficient (Wildman–Crippen LogP) is 7.37. The summed E-state index contributed by atoms with van der Waals surface area (Å²) < 4.78 is 8.08. The average Bonchev–Trinajstić information content (AvgIpc) is 2.71. The van der Waals surface area contributed by atoms with Gasteiger partial charge in [0.25, 0.3) is 0 Å². The standard InChI is InChI=1S/C26H23I2NO2/c1-26(2)12-18-23(21(30)13-26)22-16-7-5-4-6-14(16)8-9-20(22)29-24(18)17-10-15(27)11-19(28)25(17)31-3/h4-11,24,29H,12-13H2,1-3H3/t24-/m0/s1. The van der Waals surface area contributed by atoms with Crippen molar-refractivity contribution in [3.63, 3.8) is 0 Å². The van der Waals surface area contributed by atoms with Crippen molar-refractivity contribution in [1.29, 1.82) is 0 Å². The van der Waals surface area contributed by atoms with E-state index >= 15 is 0 Å². The molecule has 0 saturated carbocycles. The number of halogens is 2. The molecule has 0 saturated heterocycles. The molecule has 158 valence electrons. The molecule has 1 heterocycles. The van der Waals surface area contributed by atoms with Crippen LogP contribution in [0.25, 0.3) is 16.3 Å². The normalized spacial score (nSPS) is 19.6. The average molecular weight is 635 g/mol. The van der Waals surface area contributed by atoms with E-state index in [-0.39, 0.29) is 17.2 Å². The molecule has 0 amide bonds. The van der Waals surface area contributed by atoms with Gasteiger partial charge in [-0.15, -0.1) is 0 Å². The van der Waals surface area contributed by atoms with Gasteiger partial charge in [0.15, 0.2) is 5.78 Å². The van der Waals surface area contributed by atoms with Crippen molar-refractivity contribution in [2.45, 2.75) is 32.7 Å².